The summed E-state index contributed by atoms with van der Waals surface area (Å²) >= 11 is 0. The zero-order chi connectivity index (χ0) is 21.1. The molecule has 1 aromatic rings. The molecule has 0 aliphatic carbocycles. The molecule has 0 unspecified atom stereocenters. The number of nitrogens with one attached hydrogen (secondary N) is 2. The molecule has 1 aliphatic heterocycles. The third-order valence-corrected chi connectivity index (χ3v) is 4.35. The first kappa shape index (κ1) is 21.5. The van der Waals surface area contributed by atoms with Crippen LogP contribution in [0.1, 0.15) is 37.6 Å². The van der Waals surface area contributed by atoms with Gasteiger partial charge in [-0.05, 0) is 39.0 Å². The Morgan fingerprint density at radius 3 is 2.50 bits per heavy atom. The van der Waals surface area contributed by atoms with Crippen molar-refractivity contribution in [2.75, 3.05) is 39.2 Å². The number of hydrogen-bond donors (Lipinski definition) is 2. The number of rotatable bonds is 5. The van der Waals surface area contributed by atoms with Gasteiger partial charge in [0.05, 0.1) is 24.7 Å². The predicted molar refractivity (Wildman–Crippen MR) is 108 cm³/mol. The smallest absolute Gasteiger partial charge is 0.253 e. The molecule has 0 saturated heterocycles. The lowest BCUT2D eigenvalue weighted by Gasteiger charge is -2.35. The fraction of sp³-hybridized carbons (Fsp3) is 0.550. The number of amides is 3. The Morgan fingerprint density at radius 1 is 1.21 bits per heavy atom. The number of nitrogens with zero attached hydrogens (tertiary/aromatic N) is 2. The largest absolute Gasteiger partial charge is 0.489 e. The van der Waals surface area contributed by atoms with Crippen molar-refractivity contribution in [3.8, 4) is 5.75 Å². The summed E-state index contributed by atoms with van der Waals surface area (Å²) in [5.41, 5.74) is 0.982. The number of ether oxygens (including phenoxy) is 1. The monoisotopic (exact) mass is 390 g/mol. The Morgan fingerprint density at radius 2 is 1.89 bits per heavy atom. The zero-order valence-electron chi connectivity index (χ0n) is 17.5. The minimum atomic E-state index is -0.343. The van der Waals surface area contributed by atoms with Crippen LogP contribution in [0.3, 0.4) is 0 Å². The van der Waals surface area contributed by atoms with Gasteiger partial charge in [0.15, 0.2) is 0 Å². The molecule has 0 bridgehead atoms. The molecule has 1 aromatic carbocycles. The second-order valence-electron chi connectivity index (χ2n) is 8.24. The highest BCUT2D eigenvalue weighted by molar-refractivity contribution is 5.95. The summed E-state index contributed by atoms with van der Waals surface area (Å²) in [5.74, 6) is 0.125. The molecular formula is C20H30N4O4. The van der Waals surface area contributed by atoms with E-state index < -0.39 is 0 Å². The molecule has 0 radical (unpaired) electrons. The van der Waals surface area contributed by atoms with Crippen molar-refractivity contribution >= 4 is 23.4 Å². The number of benzene rings is 1. The predicted octanol–water partition coefficient (Wildman–Crippen LogP) is 1.01. The van der Waals surface area contributed by atoms with Crippen LogP contribution in [-0.4, -0.2) is 68.5 Å². The first-order valence-corrected chi connectivity index (χ1v) is 9.27. The van der Waals surface area contributed by atoms with Crippen LogP contribution >= 0.6 is 0 Å². The zero-order valence-corrected chi connectivity index (χ0v) is 17.5. The summed E-state index contributed by atoms with van der Waals surface area (Å²) in [6, 6.07) is 5.09. The lowest BCUT2D eigenvalue weighted by molar-refractivity contribution is -0.127. The average molecular weight is 390 g/mol. The van der Waals surface area contributed by atoms with E-state index in [0.717, 1.165) is 5.69 Å². The summed E-state index contributed by atoms with van der Waals surface area (Å²) in [7, 11) is 5.27. The molecule has 154 valence electrons. The van der Waals surface area contributed by atoms with Gasteiger partial charge in [-0.2, -0.15) is 0 Å². The van der Waals surface area contributed by atoms with Crippen LogP contribution in [0.15, 0.2) is 18.2 Å². The summed E-state index contributed by atoms with van der Waals surface area (Å²) in [6.45, 7) is 5.94. The average Bonchev–Trinajstić information content (AvgIpc) is 2.60. The Hall–Kier alpha value is -2.77. The molecule has 1 atom stereocenters. The fourth-order valence-electron chi connectivity index (χ4n) is 2.92. The SMILES string of the molecule is CN(C)C(=O)c1ccc2c(c1)N(C)[C@@H](CC(=O)NCC(=O)NC(C)(C)C)CO2. The van der Waals surface area contributed by atoms with Gasteiger partial charge in [0.1, 0.15) is 12.4 Å². The summed E-state index contributed by atoms with van der Waals surface area (Å²) in [4.78, 5) is 39.8. The van der Waals surface area contributed by atoms with Crippen LogP contribution in [0.4, 0.5) is 5.69 Å². The molecule has 0 aromatic heterocycles. The molecule has 2 N–H and O–H groups in total. The summed E-state index contributed by atoms with van der Waals surface area (Å²) in [5, 5.41) is 5.45. The molecule has 0 saturated carbocycles. The van der Waals surface area contributed by atoms with E-state index in [1.54, 1.807) is 32.3 Å². The Balaban J connectivity index is 1.98. The highest BCUT2D eigenvalue weighted by atomic mass is 16.5. The standard InChI is InChI=1S/C20H30N4O4/c1-20(2,3)22-18(26)11-21-17(25)10-14-12-28-16-8-7-13(19(27)23(4)5)9-15(16)24(14)6/h7-9,14H,10-12H2,1-6H3,(H,21,25)(H,22,26)/t14-/m0/s1. The summed E-state index contributed by atoms with van der Waals surface area (Å²) in [6.07, 6.45) is 0.185. The van der Waals surface area contributed by atoms with Crippen molar-refractivity contribution in [1.82, 2.24) is 15.5 Å². The van der Waals surface area contributed by atoms with Crippen LogP contribution in [0.2, 0.25) is 0 Å². The van der Waals surface area contributed by atoms with Crippen molar-refractivity contribution < 1.29 is 19.1 Å². The molecule has 2 rings (SSSR count). The van der Waals surface area contributed by atoms with Gasteiger partial charge in [0.2, 0.25) is 11.8 Å². The lowest BCUT2D eigenvalue weighted by atomic mass is 10.1. The molecule has 0 fully saturated rings. The van der Waals surface area contributed by atoms with Crippen molar-refractivity contribution in [3.63, 3.8) is 0 Å². The second-order valence-corrected chi connectivity index (χ2v) is 8.24. The summed E-state index contributed by atoms with van der Waals surface area (Å²) < 4.78 is 5.77. The maximum Gasteiger partial charge on any atom is 0.253 e. The van der Waals surface area contributed by atoms with Gasteiger partial charge in [-0.1, -0.05) is 0 Å². The third kappa shape index (κ3) is 5.61. The molecule has 28 heavy (non-hydrogen) atoms. The minimum Gasteiger partial charge on any atom is -0.489 e. The Bertz CT molecular complexity index is 755. The maximum absolute atomic E-state index is 12.3. The van der Waals surface area contributed by atoms with E-state index >= 15 is 0 Å². The van der Waals surface area contributed by atoms with Crippen LogP contribution in [-0.2, 0) is 9.59 Å². The van der Waals surface area contributed by atoms with Gasteiger partial charge in [0, 0.05) is 32.2 Å². The van der Waals surface area contributed by atoms with E-state index in [2.05, 4.69) is 10.6 Å². The number of likely N-dealkylation sites (N-methyl/N-ethyl adjacent to an activating group) is 1. The molecule has 1 aliphatic rings. The van der Waals surface area contributed by atoms with Gasteiger partial charge in [-0.25, -0.2) is 0 Å². The third-order valence-electron chi connectivity index (χ3n) is 4.35. The van der Waals surface area contributed by atoms with Gasteiger partial charge in [-0.15, -0.1) is 0 Å². The number of anilines is 1. The Labute approximate surface area is 166 Å². The van der Waals surface area contributed by atoms with E-state index in [-0.39, 0.29) is 42.3 Å². The van der Waals surface area contributed by atoms with Crippen LogP contribution in [0.25, 0.3) is 0 Å². The van der Waals surface area contributed by atoms with E-state index in [0.29, 0.717) is 17.9 Å². The van der Waals surface area contributed by atoms with Crippen molar-refractivity contribution in [1.29, 1.82) is 0 Å². The highest BCUT2D eigenvalue weighted by Gasteiger charge is 2.28. The van der Waals surface area contributed by atoms with E-state index in [9.17, 15) is 14.4 Å². The first-order valence-electron chi connectivity index (χ1n) is 9.27. The maximum atomic E-state index is 12.3. The van der Waals surface area contributed by atoms with E-state index in [4.69, 9.17) is 4.74 Å². The molecule has 8 nitrogen and oxygen atoms in total. The van der Waals surface area contributed by atoms with E-state index in [1.165, 1.54) is 4.90 Å². The van der Waals surface area contributed by atoms with Gasteiger partial charge in [-0.3, -0.25) is 14.4 Å². The molecular weight excluding hydrogens is 360 g/mol. The van der Waals surface area contributed by atoms with E-state index in [1.807, 2.05) is 32.7 Å². The van der Waals surface area contributed by atoms with Crippen molar-refractivity contribution in [2.24, 2.45) is 0 Å². The van der Waals surface area contributed by atoms with Gasteiger partial charge >= 0.3 is 0 Å². The molecule has 0 spiro atoms. The minimum absolute atomic E-state index is 0.0640. The van der Waals surface area contributed by atoms with Crippen LogP contribution in [0.5, 0.6) is 5.75 Å². The second kappa shape index (κ2) is 8.50. The Kier molecular flexibility index (Phi) is 6.53. The lowest BCUT2D eigenvalue weighted by Crippen LogP contribution is -2.48. The topological polar surface area (TPSA) is 91.0 Å². The number of carbonyl (C=O) groups excluding carboxylic acids is 3. The highest BCUT2D eigenvalue weighted by Crippen LogP contribution is 2.34. The number of fused-ring (bicyclic) bond motifs is 1. The van der Waals surface area contributed by atoms with Crippen molar-refractivity contribution in [3.05, 3.63) is 23.8 Å². The first-order chi connectivity index (χ1) is 13.0. The van der Waals surface area contributed by atoms with Crippen molar-refractivity contribution in [2.45, 2.75) is 38.8 Å². The van der Waals surface area contributed by atoms with Crippen LogP contribution < -0.4 is 20.3 Å². The van der Waals surface area contributed by atoms with Gasteiger partial charge < -0.3 is 25.2 Å². The van der Waals surface area contributed by atoms with Crippen LogP contribution in [0, 0.1) is 0 Å². The van der Waals surface area contributed by atoms with Gasteiger partial charge in [0.25, 0.3) is 5.91 Å². The molecule has 1 heterocycles. The number of hydrogen-bond acceptors (Lipinski definition) is 5. The molecule has 8 heteroatoms. The normalized spacial score (nSPS) is 15.9. The quantitative estimate of drug-likeness (QED) is 0.783. The fourth-order valence-corrected chi connectivity index (χ4v) is 2.92. The molecule has 3 amide bonds. The number of carbonyl (C=O) groups is 3.